The van der Waals surface area contributed by atoms with E-state index in [9.17, 15) is 4.79 Å². The minimum Gasteiger partial charge on any atom is -0.382 e. The first-order valence-electron chi connectivity index (χ1n) is 6.87. The van der Waals surface area contributed by atoms with Crippen molar-refractivity contribution in [2.45, 2.75) is 33.7 Å². The average Bonchev–Trinajstić information content (AvgIpc) is 2.40. The van der Waals surface area contributed by atoms with Gasteiger partial charge in [-0.3, -0.25) is 4.79 Å². The predicted octanol–water partition coefficient (Wildman–Crippen LogP) is 3.05. The molecule has 0 fully saturated rings. The van der Waals surface area contributed by atoms with Gasteiger partial charge in [0.15, 0.2) is 0 Å². The Labute approximate surface area is 121 Å². The molecule has 0 spiro atoms. The lowest BCUT2D eigenvalue weighted by molar-refractivity contribution is 0.0811. The summed E-state index contributed by atoms with van der Waals surface area (Å²) in [5.74, 6) is 0.389. The average molecular weight is 273 g/mol. The largest absolute Gasteiger partial charge is 0.382 e. The summed E-state index contributed by atoms with van der Waals surface area (Å²) in [7, 11) is 1.64. The van der Waals surface area contributed by atoms with E-state index in [1.165, 1.54) is 4.90 Å². The molecule has 0 heterocycles. The van der Waals surface area contributed by atoms with E-state index in [0.717, 1.165) is 11.3 Å². The quantitative estimate of drug-likeness (QED) is 0.839. The van der Waals surface area contributed by atoms with E-state index in [-0.39, 0.29) is 12.5 Å². The molecule has 0 radical (unpaired) electrons. The van der Waals surface area contributed by atoms with Gasteiger partial charge in [0, 0.05) is 24.3 Å². The van der Waals surface area contributed by atoms with E-state index in [1.807, 2.05) is 25.1 Å². The number of hydrogen-bond donors (Lipinski definition) is 1. The van der Waals surface area contributed by atoms with Gasteiger partial charge in [-0.1, -0.05) is 19.9 Å². The standard InChI is InChI=1S/C16H23N3O/c1-11(2)13(4)18-15-8-6-7-14(12(15)3)16(20)19(5)10-9-17/h6-8,11,13,18H,10H2,1-5H3/t13-/m0/s1. The van der Waals surface area contributed by atoms with Crippen LogP contribution in [0.2, 0.25) is 0 Å². The summed E-state index contributed by atoms with van der Waals surface area (Å²) in [6.45, 7) is 8.47. The number of nitriles is 1. The summed E-state index contributed by atoms with van der Waals surface area (Å²) in [5, 5.41) is 12.1. The van der Waals surface area contributed by atoms with Crippen LogP contribution in [-0.2, 0) is 0 Å². The molecular weight excluding hydrogens is 250 g/mol. The molecule has 1 aromatic carbocycles. The first kappa shape index (κ1) is 16.0. The fourth-order valence-electron chi connectivity index (χ4n) is 1.82. The van der Waals surface area contributed by atoms with Gasteiger partial charge >= 0.3 is 0 Å². The SMILES string of the molecule is Cc1c(N[C@@H](C)C(C)C)cccc1C(=O)N(C)CC#N. The highest BCUT2D eigenvalue weighted by molar-refractivity contribution is 5.97. The molecule has 108 valence electrons. The number of nitrogens with one attached hydrogen (secondary N) is 1. The Balaban J connectivity index is 3.01. The third-order valence-corrected chi connectivity index (χ3v) is 3.60. The number of nitrogens with zero attached hydrogens (tertiary/aromatic N) is 2. The minimum absolute atomic E-state index is 0.0956. The Bertz CT molecular complexity index is 517. The number of rotatable bonds is 5. The number of anilines is 1. The second-order valence-electron chi connectivity index (χ2n) is 5.47. The Morgan fingerprint density at radius 1 is 1.40 bits per heavy atom. The second kappa shape index (κ2) is 6.95. The Kier molecular flexibility index (Phi) is 5.57. The van der Waals surface area contributed by atoms with Crippen molar-refractivity contribution in [3.63, 3.8) is 0 Å². The van der Waals surface area contributed by atoms with E-state index < -0.39 is 0 Å². The van der Waals surface area contributed by atoms with Gasteiger partial charge in [-0.2, -0.15) is 5.26 Å². The van der Waals surface area contributed by atoms with Crippen LogP contribution < -0.4 is 5.32 Å². The van der Waals surface area contributed by atoms with Crippen LogP contribution in [0.1, 0.15) is 36.7 Å². The second-order valence-corrected chi connectivity index (χ2v) is 5.47. The van der Waals surface area contributed by atoms with Gasteiger partial charge in [-0.05, 0) is 37.5 Å². The molecule has 1 N–H and O–H groups in total. The summed E-state index contributed by atoms with van der Waals surface area (Å²) >= 11 is 0. The first-order chi connectivity index (χ1) is 9.38. The van der Waals surface area contributed by atoms with E-state index in [2.05, 4.69) is 26.1 Å². The summed E-state index contributed by atoms with van der Waals surface area (Å²) in [6.07, 6.45) is 0. The van der Waals surface area contributed by atoms with Crippen molar-refractivity contribution in [2.75, 3.05) is 18.9 Å². The highest BCUT2D eigenvalue weighted by Gasteiger charge is 2.16. The molecule has 0 aromatic heterocycles. The zero-order valence-electron chi connectivity index (χ0n) is 12.9. The van der Waals surface area contributed by atoms with Gasteiger partial charge in [-0.25, -0.2) is 0 Å². The monoisotopic (exact) mass is 273 g/mol. The summed E-state index contributed by atoms with van der Waals surface area (Å²) < 4.78 is 0. The van der Waals surface area contributed by atoms with Crippen molar-refractivity contribution in [3.05, 3.63) is 29.3 Å². The Hall–Kier alpha value is -2.02. The van der Waals surface area contributed by atoms with Crippen LogP contribution in [0.25, 0.3) is 0 Å². The first-order valence-corrected chi connectivity index (χ1v) is 6.87. The molecule has 0 aliphatic rings. The van der Waals surface area contributed by atoms with Crippen molar-refractivity contribution >= 4 is 11.6 Å². The predicted molar refractivity (Wildman–Crippen MR) is 81.7 cm³/mol. The molecule has 1 amide bonds. The third kappa shape index (κ3) is 3.74. The van der Waals surface area contributed by atoms with Crippen LogP contribution in [0.15, 0.2) is 18.2 Å². The van der Waals surface area contributed by atoms with E-state index in [0.29, 0.717) is 17.5 Å². The molecule has 0 saturated heterocycles. The number of benzene rings is 1. The minimum atomic E-state index is -0.120. The van der Waals surface area contributed by atoms with E-state index in [4.69, 9.17) is 5.26 Å². The van der Waals surface area contributed by atoms with Crippen molar-refractivity contribution in [1.29, 1.82) is 5.26 Å². The highest BCUT2D eigenvalue weighted by Crippen LogP contribution is 2.22. The van der Waals surface area contributed by atoms with Crippen LogP contribution in [0.3, 0.4) is 0 Å². The molecule has 0 aliphatic heterocycles. The number of amides is 1. The smallest absolute Gasteiger partial charge is 0.254 e. The summed E-state index contributed by atoms with van der Waals surface area (Å²) in [5.41, 5.74) is 2.54. The van der Waals surface area contributed by atoms with Gasteiger partial charge in [0.25, 0.3) is 5.91 Å². The molecule has 0 bridgehead atoms. The zero-order valence-corrected chi connectivity index (χ0v) is 12.9. The molecule has 0 aliphatic carbocycles. The molecular formula is C16H23N3O. The number of carbonyl (C=O) groups excluding carboxylic acids is 1. The molecule has 20 heavy (non-hydrogen) atoms. The normalized spacial score (nSPS) is 11.8. The molecule has 0 saturated carbocycles. The van der Waals surface area contributed by atoms with Gasteiger partial charge in [0.2, 0.25) is 0 Å². The van der Waals surface area contributed by atoms with Crippen LogP contribution >= 0.6 is 0 Å². The molecule has 1 aromatic rings. The maximum atomic E-state index is 12.3. The number of hydrogen-bond acceptors (Lipinski definition) is 3. The van der Waals surface area contributed by atoms with Gasteiger partial charge in [0.1, 0.15) is 6.54 Å². The zero-order chi connectivity index (χ0) is 15.3. The number of carbonyl (C=O) groups is 1. The molecule has 4 heteroatoms. The van der Waals surface area contributed by atoms with Gasteiger partial charge < -0.3 is 10.2 Å². The molecule has 0 unspecified atom stereocenters. The van der Waals surface area contributed by atoms with Crippen molar-refractivity contribution < 1.29 is 4.79 Å². The maximum Gasteiger partial charge on any atom is 0.254 e. The summed E-state index contributed by atoms with van der Waals surface area (Å²) in [4.78, 5) is 13.7. The fourth-order valence-corrected chi connectivity index (χ4v) is 1.82. The van der Waals surface area contributed by atoms with Crippen LogP contribution in [0.4, 0.5) is 5.69 Å². The Morgan fingerprint density at radius 3 is 2.60 bits per heavy atom. The van der Waals surface area contributed by atoms with E-state index in [1.54, 1.807) is 13.1 Å². The lowest BCUT2D eigenvalue weighted by Gasteiger charge is -2.22. The van der Waals surface area contributed by atoms with Crippen LogP contribution in [-0.4, -0.2) is 30.4 Å². The fraction of sp³-hybridized carbons (Fsp3) is 0.500. The third-order valence-electron chi connectivity index (χ3n) is 3.60. The topological polar surface area (TPSA) is 56.1 Å². The molecule has 4 nitrogen and oxygen atoms in total. The lowest BCUT2D eigenvalue weighted by atomic mass is 10.0. The van der Waals surface area contributed by atoms with Gasteiger partial charge in [-0.15, -0.1) is 0 Å². The van der Waals surface area contributed by atoms with Crippen molar-refractivity contribution in [3.8, 4) is 6.07 Å². The van der Waals surface area contributed by atoms with Crippen molar-refractivity contribution in [2.24, 2.45) is 5.92 Å². The molecule has 1 atom stereocenters. The summed E-state index contributed by atoms with van der Waals surface area (Å²) in [6, 6.07) is 7.97. The van der Waals surface area contributed by atoms with Crippen LogP contribution in [0.5, 0.6) is 0 Å². The van der Waals surface area contributed by atoms with Gasteiger partial charge in [0.05, 0.1) is 6.07 Å². The van der Waals surface area contributed by atoms with Crippen LogP contribution in [0, 0.1) is 24.2 Å². The lowest BCUT2D eigenvalue weighted by Crippen LogP contribution is -2.28. The maximum absolute atomic E-state index is 12.3. The highest BCUT2D eigenvalue weighted by atomic mass is 16.2. The van der Waals surface area contributed by atoms with E-state index >= 15 is 0 Å². The Morgan fingerprint density at radius 2 is 2.05 bits per heavy atom. The van der Waals surface area contributed by atoms with Crippen molar-refractivity contribution in [1.82, 2.24) is 4.90 Å². The molecule has 1 rings (SSSR count).